The second kappa shape index (κ2) is 9.55. The normalized spacial score (nSPS) is 11.0. The Morgan fingerprint density at radius 3 is 2.43 bits per heavy atom. The Bertz CT molecular complexity index is 905. The fraction of sp³-hybridized carbons (Fsp3) is 0.318. The predicted molar refractivity (Wildman–Crippen MR) is 113 cm³/mol. The third kappa shape index (κ3) is 4.81. The molecule has 3 rings (SSSR count). The van der Waals surface area contributed by atoms with Crippen molar-refractivity contribution in [1.82, 2.24) is 14.8 Å². The lowest BCUT2D eigenvalue weighted by atomic mass is 10.1. The topological polar surface area (TPSA) is 57.0 Å². The summed E-state index contributed by atoms with van der Waals surface area (Å²) < 4.78 is 7.37. The molecule has 2 aromatic carbocycles. The number of ether oxygens (including phenoxy) is 1. The number of hydrogen-bond acceptors (Lipinski definition) is 5. The van der Waals surface area contributed by atoms with Crippen molar-refractivity contribution in [1.29, 1.82) is 0 Å². The van der Waals surface area contributed by atoms with Crippen molar-refractivity contribution in [3.05, 3.63) is 60.2 Å². The zero-order valence-corrected chi connectivity index (χ0v) is 17.3. The van der Waals surface area contributed by atoms with Crippen molar-refractivity contribution in [2.45, 2.75) is 37.9 Å². The molecule has 0 aliphatic heterocycles. The van der Waals surface area contributed by atoms with Crippen LogP contribution >= 0.6 is 11.8 Å². The van der Waals surface area contributed by atoms with Crippen molar-refractivity contribution < 1.29 is 9.53 Å². The van der Waals surface area contributed by atoms with Crippen molar-refractivity contribution >= 4 is 17.5 Å². The average Bonchev–Trinajstić information content (AvgIpc) is 3.16. The number of thioether (sulfide) groups is 1. The molecule has 0 N–H and O–H groups in total. The van der Waals surface area contributed by atoms with Crippen LogP contribution in [-0.4, -0.2) is 33.4 Å². The van der Waals surface area contributed by atoms with Crippen LogP contribution in [0.25, 0.3) is 11.4 Å². The Morgan fingerprint density at radius 2 is 1.79 bits per heavy atom. The molecule has 0 aliphatic rings. The SMILES string of the molecule is COc1ccc(-c2nnc(SCCCC(=O)c3ccccc3)n2C(C)C)cc1. The summed E-state index contributed by atoms with van der Waals surface area (Å²) in [5.41, 5.74) is 1.78. The maximum atomic E-state index is 12.2. The number of Topliss-reactive ketones (excluding diaryl/α,β-unsaturated/α-hetero) is 1. The molecular weight excluding hydrogens is 370 g/mol. The van der Waals surface area contributed by atoms with E-state index in [1.807, 2.05) is 54.6 Å². The highest BCUT2D eigenvalue weighted by Gasteiger charge is 2.17. The molecular formula is C22H25N3O2S. The first-order valence-corrected chi connectivity index (χ1v) is 10.4. The Hall–Kier alpha value is -2.60. The smallest absolute Gasteiger partial charge is 0.191 e. The summed E-state index contributed by atoms with van der Waals surface area (Å²) >= 11 is 1.65. The van der Waals surface area contributed by atoms with Crippen LogP contribution in [0.5, 0.6) is 5.75 Å². The van der Waals surface area contributed by atoms with Crippen LogP contribution in [0.2, 0.25) is 0 Å². The van der Waals surface area contributed by atoms with E-state index in [9.17, 15) is 4.79 Å². The molecule has 3 aromatic rings. The Morgan fingerprint density at radius 1 is 1.07 bits per heavy atom. The van der Waals surface area contributed by atoms with Gasteiger partial charge in [0.2, 0.25) is 0 Å². The van der Waals surface area contributed by atoms with Crippen LogP contribution in [-0.2, 0) is 0 Å². The van der Waals surface area contributed by atoms with Crippen LogP contribution in [0.3, 0.4) is 0 Å². The minimum Gasteiger partial charge on any atom is -0.497 e. The number of carbonyl (C=O) groups excluding carboxylic acids is 1. The highest BCUT2D eigenvalue weighted by molar-refractivity contribution is 7.99. The van der Waals surface area contributed by atoms with Gasteiger partial charge in [0, 0.05) is 29.3 Å². The molecule has 1 heterocycles. The summed E-state index contributed by atoms with van der Waals surface area (Å²) in [5.74, 6) is 2.68. The zero-order valence-electron chi connectivity index (χ0n) is 16.5. The summed E-state index contributed by atoms with van der Waals surface area (Å²) in [7, 11) is 1.66. The van der Waals surface area contributed by atoms with E-state index < -0.39 is 0 Å². The molecule has 0 saturated carbocycles. The molecule has 0 aliphatic carbocycles. The maximum Gasteiger partial charge on any atom is 0.191 e. The summed E-state index contributed by atoms with van der Waals surface area (Å²) in [5, 5.41) is 9.68. The summed E-state index contributed by atoms with van der Waals surface area (Å²) in [6.07, 6.45) is 1.35. The zero-order chi connectivity index (χ0) is 19.9. The van der Waals surface area contributed by atoms with Crippen molar-refractivity contribution in [2.75, 3.05) is 12.9 Å². The number of hydrogen-bond donors (Lipinski definition) is 0. The highest BCUT2D eigenvalue weighted by Crippen LogP contribution is 2.29. The molecule has 0 radical (unpaired) electrons. The molecule has 1 aromatic heterocycles. The predicted octanol–water partition coefficient (Wildman–Crippen LogP) is 5.29. The lowest BCUT2D eigenvalue weighted by Crippen LogP contribution is -2.05. The maximum absolute atomic E-state index is 12.2. The monoisotopic (exact) mass is 395 g/mol. The second-order valence-electron chi connectivity index (χ2n) is 6.74. The van der Waals surface area contributed by atoms with Gasteiger partial charge in [-0.3, -0.25) is 9.36 Å². The van der Waals surface area contributed by atoms with Crippen molar-refractivity contribution in [3.63, 3.8) is 0 Å². The van der Waals surface area contributed by atoms with Crippen LogP contribution < -0.4 is 4.74 Å². The van der Waals surface area contributed by atoms with Gasteiger partial charge in [0.1, 0.15) is 5.75 Å². The molecule has 0 saturated heterocycles. The van der Waals surface area contributed by atoms with Gasteiger partial charge >= 0.3 is 0 Å². The first-order valence-electron chi connectivity index (χ1n) is 9.40. The molecule has 28 heavy (non-hydrogen) atoms. The number of nitrogens with zero attached hydrogens (tertiary/aromatic N) is 3. The fourth-order valence-electron chi connectivity index (χ4n) is 2.94. The standard InChI is InChI=1S/C22H25N3O2S/c1-16(2)25-21(18-11-13-19(27-3)14-12-18)23-24-22(25)28-15-7-10-20(26)17-8-5-4-6-9-17/h4-6,8-9,11-14,16H,7,10,15H2,1-3H3. The molecule has 5 nitrogen and oxygen atoms in total. The largest absolute Gasteiger partial charge is 0.497 e. The van der Waals surface area contributed by atoms with Gasteiger partial charge in [-0.15, -0.1) is 10.2 Å². The Labute approximate surface area is 170 Å². The van der Waals surface area contributed by atoms with Gasteiger partial charge in [-0.25, -0.2) is 0 Å². The fourth-order valence-corrected chi connectivity index (χ4v) is 3.95. The molecule has 0 fully saturated rings. The van der Waals surface area contributed by atoms with Crippen LogP contribution in [0.15, 0.2) is 59.8 Å². The minimum atomic E-state index is 0.186. The van der Waals surface area contributed by atoms with E-state index >= 15 is 0 Å². The number of methoxy groups -OCH3 is 1. The van der Waals surface area contributed by atoms with Gasteiger partial charge in [0.15, 0.2) is 16.8 Å². The second-order valence-corrected chi connectivity index (χ2v) is 7.80. The van der Waals surface area contributed by atoms with Crippen molar-refractivity contribution in [2.24, 2.45) is 0 Å². The summed E-state index contributed by atoms with van der Waals surface area (Å²) in [6.45, 7) is 4.25. The van der Waals surface area contributed by atoms with E-state index in [0.717, 1.165) is 40.0 Å². The van der Waals surface area contributed by atoms with Crippen LogP contribution in [0, 0.1) is 0 Å². The third-order valence-electron chi connectivity index (χ3n) is 4.40. The van der Waals surface area contributed by atoms with E-state index in [2.05, 4.69) is 28.6 Å². The number of rotatable bonds is 9. The molecule has 0 amide bonds. The third-order valence-corrected chi connectivity index (χ3v) is 5.43. The number of carbonyl (C=O) groups is 1. The lowest BCUT2D eigenvalue weighted by molar-refractivity contribution is 0.0982. The van der Waals surface area contributed by atoms with Gasteiger partial charge in [0.05, 0.1) is 7.11 Å². The van der Waals surface area contributed by atoms with E-state index in [1.54, 1.807) is 18.9 Å². The molecule has 0 unspecified atom stereocenters. The first-order chi connectivity index (χ1) is 13.6. The summed E-state index contributed by atoms with van der Waals surface area (Å²) in [6, 6.07) is 17.5. The van der Waals surface area contributed by atoms with Gasteiger partial charge < -0.3 is 4.74 Å². The van der Waals surface area contributed by atoms with Gasteiger partial charge in [-0.1, -0.05) is 42.1 Å². The molecule has 0 bridgehead atoms. The first kappa shape index (κ1) is 20.1. The lowest BCUT2D eigenvalue weighted by Gasteiger charge is -2.14. The quantitative estimate of drug-likeness (QED) is 0.280. The number of benzene rings is 2. The summed E-state index contributed by atoms with van der Waals surface area (Å²) in [4.78, 5) is 12.2. The molecule has 0 spiro atoms. The van der Waals surface area contributed by atoms with Crippen molar-refractivity contribution in [3.8, 4) is 17.1 Å². The molecule has 146 valence electrons. The molecule has 0 atom stereocenters. The Balaban J connectivity index is 1.64. The minimum absolute atomic E-state index is 0.186. The van der Waals surface area contributed by atoms with Crippen LogP contribution in [0.4, 0.5) is 0 Å². The number of aromatic nitrogens is 3. The van der Waals surface area contributed by atoms with E-state index in [4.69, 9.17) is 4.74 Å². The van der Waals surface area contributed by atoms with Gasteiger partial charge in [-0.05, 0) is 44.5 Å². The van der Waals surface area contributed by atoms with Gasteiger partial charge in [0.25, 0.3) is 0 Å². The number of ketones is 1. The highest BCUT2D eigenvalue weighted by atomic mass is 32.2. The van der Waals surface area contributed by atoms with E-state index in [-0.39, 0.29) is 11.8 Å². The van der Waals surface area contributed by atoms with E-state index in [0.29, 0.717) is 6.42 Å². The van der Waals surface area contributed by atoms with Crippen LogP contribution in [0.1, 0.15) is 43.1 Å². The molecule has 6 heteroatoms. The average molecular weight is 396 g/mol. The van der Waals surface area contributed by atoms with Gasteiger partial charge in [-0.2, -0.15) is 0 Å². The Kier molecular flexibility index (Phi) is 6.87. The van der Waals surface area contributed by atoms with E-state index in [1.165, 1.54) is 0 Å².